The SMILES string of the molecule is CC(C)N(CCO)Cc1csc(C2=C[N+](C)(C3CCOCC3)c3c(Cl)cccc32)n1. The lowest BCUT2D eigenvalue weighted by Crippen LogP contribution is -2.50. The van der Waals surface area contributed by atoms with E-state index in [1.165, 1.54) is 16.8 Å². The molecule has 4 rings (SSSR count). The molecule has 5 nitrogen and oxygen atoms in total. The second-order valence-corrected chi connectivity index (χ2v) is 9.87. The molecule has 3 heterocycles. The summed E-state index contributed by atoms with van der Waals surface area (Å²) in [6.45, 7) is 7.47. The minimum absolute atomic E-state index is 0.160. The van der Waals surface area contributed by atoms with Crippen LogP contribution in [0.2, 0.25) is 5.02 Å². The highest BCUT2D eigenvalue weighted by atomic mass is 35.5. The Hall–Kier alpha value is -1.28. The number of para-hydroxylation sites is 1. The smallest absolute Gasteiger partial charge is 0.164 e. The largest absolute Gasteiger partial charge is 0.395 e. The summed E-state index contributed by atoms with van der Waals surface area (Å²) in [6.07, 6.45) is 4.40. The van der Waals surface area contributed by atoms with Gasteiger partial charge in [-0.3, -0.25) is 9.38 Å². The normalized spacial score (nSPS) is 22.0. The lowest BCUT2D eigenvalue weighted by atomic mass is 10.0. The Morgan fingerprint density at radius 2 is 2.10 bits per heavy atom. The molecule has 0 saturated carbocycles. The third-order valence-corrected chi connectivity index (χ3v) is 7.60. The molecule has 162 valence electrons. The van der Waals surface area contributed by atoms with Crippen molar-refractivity contribution in [3.63, 3.8) is 0 Å². The molecule has 1 N–H and O–H groups in total. The third-order valence-electron chi connectivity index (χ3n) is 6.37. The van der Waals surface area contributed by atoms with Crippen LogP contribution in [-0.4, -0.2) is 60.5 Å². The second-order valence-electron chi connectivity index (χ2n) is 8.60. The van der Waals surface area contributed by atoms with Crippen molar-refractivity contribution in [1.82, 2.24) is 14.4 Å². The second kappa shape index (κ2) is 9.07. The maximum Gasteiger partial charge on any atom is 0.164 e. The molecular formula is C23H31ClN3O2S+. The zero-order valence-electron chi connectivity index (χ0n) is 18.0. The predicted octanol–water partition coefficient (Wildman–Crippen LogP) is 4.52. The van der Waals surface area contributed by atoms with Crippen molar-refractivity contribution in [2.45, 2.75) is 45.3 Å². The molecule has 1 unspecified atom stereocenters. The number of ether oxygens (including phenoxy) is 1. The van der Waals surface area contributed by atoms with Gasteiger partial charge < -0.3 is 9.84 Å². The standard InChI is InChI=1S/C23H31ClN3O2S/c1-16(2)26(9-10-28)13-17-15-30-23(25-17)20-14-27(3,18-7-11-29-12-8-18)22-19(20)5-4-6-21(22)24/h4-6,14-16,18,28H,7-13H2,1-3H3/q+1. The van der Waals surface area contributed by atoms with Crippen LogP contribution in [0.5, 0.6) is 0 Å². The fourth-order valence-corrected chi connectivity index (χ4v) is 5.86. The maximum absolute atomic E-state index is 9.37. The van der Waals surface area contributed by atoms with E-state index in [9.17, 15) is 5.11 Å². The summed E-state index contributed by atoms with van der Waals surface area (Å²) in [4.78, 5) is 7.23. The molecule has 1 saturated heterocycles. The third kappa shape index (κ3) is 4.09. The van der Waals surface area contributed by atoms with Gasteiger partial charge in [-0.2, -0.15) is 0 Å². The van der Waals surface area contributed by atoms with Gasteiger partial charge in [0.25, 0.3) is 0 Å². The number of aliphatic hydroxyl groups is 1. The number of thiazole rings is 1. The molecule has 2 aliphatic rings. The Kier molecular flexibility index (Phi) is 6.63. The van der Waals surface area contributed by atoms with Crippen molar-refractivity contribution in [2.24, 2.45) is 0 Å². The number of halogens is 1. The zero-order chi connectivity index (χ0) is 21.3. The van der Waals surface area contributed by atoms with E-state index < -0.39 is 0 Å². The van der Waals surface area contributed by atoms with Gasteiger partial charge in [0.05, 0.1) is 43.7 Å². The van der Waals surface area contributed by atoms with E-state index in [2.05, 4.69) is 43.4 Å². The Labute approximate surface area is 188 Å². The first-order chi connectivity index (χ1) is 14.4. The van der Waals surface area contributed by atoms with Crippen molar-refractivity contribution in [2.75, 3.05) is 33.4 Å². The summed E-state index contributed by atoms with van der Waals surface area (Å²) in [5.41, 5.74) is 4.60. The topological polar surface area (TPSA) is 45.6 Å². The van der Waals surface area contributed by atoms with E-state index in [0.717, 1.165) is 48.3 Å². The molecule has 7 heteroatoms. The van der Waals surface area contributed by atoms with Gasteiger partial charge in [-0.1, -0.05) is 17.7 Å². The highest BCUT2D eigenvalue weighted by Gasteiger charge is 2.44. The van der Waals surface area contributed by atoms with E-state index in [1.54, 1.807) is 11.3 Å². The molecule has 0 spiro atoms. The number of fused-ring (bicyclic) bond motifs is 1. The summed E-state index contributed by atoms with van der Waals surface area (Å²) in [7, 11) is 2.27. The van der Waals surface area contributed by atoms with Crippen LogP contribution in [0.25, 0.3) is 5.57 Å². The average Bonchev–Trinajstić information content (AvgIpc) is 3.32. The van der Waals surface area contributed by atoms with Crippen LogP contribution in [0, 0.1) is 0 Å². The highest BCUT2D eigenvalue weighted by Crippen LogP contribution is 2.49. The molecular weight excluding hydrogens is 418 g/mol. The Morgan fingerprint density at radius 3 is 2.80 bits per heavy atom. The molecule has 1 aromatic carbocycles. The van der Waals surface area contributed by atoms with E-state index in [4.69, 9.17) is 21.3 Å². The van der Waals surface area contributed by atoms with E-state index in [0.29, 0.717) is 23.1 Å². The summed E-state index contributed by atoms with van der Waals surface area (Å²) in [6, 6.07) is 7.01. The Morgan fingerprint density at radius 1 is 1.33 bits per heavy atom. The summed E-state index contributed by atoms with van der Waals surface area (Å²) in [5.74, 6) is 0. The van der Waals surface area contributed by atoms with Crippen LogP contribution in [0.1, 0.15) is 43.0 Å². The van der Waals surface area contributed by atoms with E-state index in [-0.39, 0.29) is 6.61 Å². The van der Waals surface area contributed by atoms with Gasteiger partial charge in [0, 0.05) is 37.4 Å². The van der Waals surface area contributed by atoms with Crippen LogP contribution in [0.4, 0.5) is 5.69 Å². The molecule has 0 aliphatic carbocycles. The number of hydrogen-bond donors (Lipinski definition) is 1. The first-order valence-electron chi connectivity index (χ1n) is 10.7. The number of aliphatic hydroxyl groups excluding tert-OH is 1. The number of aromatic nitrogens is 1. The van der Waals surface area contributed by atoms with E-state index in [1.807, 2.05) is 12.1 Å². The van der Waals surface area contributed by atoms with Gasteiger partial charge in [0.15, 0.2) is 5.69 Å². The summed E-state index contributed by atoms with van der Waals surface area (Å²) >= 11 is 8.43. The minimum Gasteiger partial charge on any atom is -0.395 e. The van der Waals surface area contributed by atoms with Crippen molar-refractivity contribution < 1.29 is 9.84 Å². The van der Waals surface area contributed by atoms with Crippen LogP contribution >= 0.6 is 22.9 Å². The first-order valence-corrected chi connectivity index (χ1v) is 12.0. The molecule has 0 radical (unpaired) electrons. The molecule has 0 bridgehead atoms. The number of rotatable bonds is 7. The molecule has 2 aromatic rings. The molecule has 1 fully saturated rings. The van der Waals surface area contributed by atoms with Gasteiger partial charge in [-0.05, 0) is 26.0 Å². The number of benzene rings is 1. The van der Waals surface area contributed by atoms with Crippen LogP contribution in [0.15, 0.2) is 29.8 Å². The van der Waals surface area contributed by atoms with Crippen molar-refractivity contribution >= 4 is 34.2 Å². The first kappa shape index (κ1) is 21.9. The van der Waals surface area contributed by atoms with Crippen LogP contribution in [-0.2, 0) is 11.3 Å². The lowest BCUT2D eigenvalue weighted by molar-refractivity contribution is 0.0575. The number of hydrogen-bond acceptors (Lipinski definition) is 5. The Balaban J connectivity index is 1.68. The van der Waals surface area contributed by atoms with E-state index >= 15 is 0 Å². The number of quaternary nitrogens is 1. The average molecular weight is 449 g/mol. The quantitative estimate of drug-likeness (QED) is 0.632. The lowest BCUT2D eigenvalue weighted by Gasteiger charge is -2.38. The summed E-state index contributed by atoms with van der Waals surface area (Å²) < 4.78 is 6.33. The fourth-order valence-electron chi connectivity index (χ4n) is 4.66. The monoisotopic (exact) mass is 448 g/mol. The van der Waals surface area contributed by atoms with Crippen molar-refractivity contribution in [3.05, 3.63) is 51.1 Å². The molecule has 2 aliphatic heterocycles. The summed E-state index contributed by atoms with van der Waals surface area (Å²) in [5, 5.41) is 13.4. The van der Waals surface area contributed by atoms with Crippen molar-refractivity contribution in [1.29, 1.82) is 0 Å². The van der Waals surface area contributed by atoms with Gasteiger partial charge in [-0.15, -0.1) is 11.3 Å². The van der Waals surface area contributed by atoms with Gasteiger partial charge in [0.1, 0.15) is 22.3 Å². The molecule has 1 atom stereocenters. The molecule has 1 aromatic heterocycles. The van der Waals surface area contributed by atoms with Gasteiger partial charge >= 0.3 is 0 Å². The maximum atomic E-state index is 9.37. The fraction of sp³-hybridized carbons (Fsp3) is 0.522. The molecule has 30 heavy (non-hydrogen) atoms. The van der Waals surface area contributed by atoms with Crippen LogP contribution < -0.4 is 4.48 Å². The predicted molar refractivity (Wildman–Crippen MR) is 125 cm³/mol. The van der Waals surface area contributed by atoms with Crippen molar-refractivity contribution in [3.8, 4) is 0 Å². The van der Waals surface area contributed by atoms with Gasteiger partial charge in [0.2, 0.25) is 0 Å². The zero-order valence-corrected chi connectivity index (χ0v) is 19.5. The van der Waals surface area contributed by atoms with Gasteiger partial charge in [-0.25, -0.2) is 4.98 Å². The highest BCUT2D eigenvalue weighted by molar-refractivity contribution is 7.10. The Bertz CT molecular complexity index is 923. The van der Waals surface area contributed by atoms with Crippen LogP contribution in [0.3, 0.4) is 0 Å². The molecule has 0 amide bonds. The minimum atomic E-state index is 0.160. The number of nitrogens with zero attached hydrogens (tertiary/aromatic N) is 3.